The first-order valence-electron chi connectivity index (χ1n) is 6.74. The van der Waals surface area contributed by atoms with Gasteiger partial charge < -0.3 is 5.11 Å². The maximum absolute atomic E-state index is 11.2. The molecule has 1 aliphatic heterocycles. The van der Waals surface area contributed by atoms with Gasteiger partial charge in [-0.1, -0.05) is 24.6 Å². The molecule has 21 heavy (non-hydrogen) atoms. The van der Waals surface area contributed by atoms with Crippen LogP contribution < -0.4 is 0 Å². The van der Waals surface area contributed by atoms with Gasteiger partial charge in [0, 0.05) is 25.7 Å². The van der Waals surface area contributed by atoms with E-state index in [1.165, 1.54) is 12.1 Å². The van der Waals surface area contributed by atoms with Gasteiger partial charge in [-0.15, -0.1) is 0 Å². The summed E-state index contributed by atoms with van der Waals surface area (Å²) >= 11 is 5.79. The lowest BCUT2D eigenvalue weighted by Crippen LogP contribution is -2.41. The Morgan fingerprint density at radius 1 is 1.52 bits per heavy atom. The summed E-state index contributed by atoms with van der Waals surface area (Å²) in [6.45, 7) is 3.77. The fourth-order valence-electron chi connectivity index (χ4n) is 2.82. The van der Waals surface area contributed by atoms with Crippen molar-refractivity contribution in [1.82, 2.24) is 4.90 Å². The molecule has 0 spiro atoms. The van der Waals surface area contributed by atoms with Gasteiger partial charge in [-0.05, 0) is 24.0 Å². The molecule has 0 radical (unpaired) electrons. The lowest BCUT2D eigenvalue weighted by atomic mass is 9.90. The topological polar surface area (TPSA) is 83.7 Å². The van der Waals surface area contributed by atoms with Crippen LogP contribution in [-0.2, 0) is 11.3 Å². The van der Waals surface area contributed by atoms with Crippen LogP contribution in [0.4, 0.5) is 5.69 Å². The predicted octanol–water partition coefficient (Wildman–Crippen LogP) is 2.79. The van der Waals surface area contributed by atoms with Crippen molar-refractivity contribution in [3.8, 4) is 0 Å². The van der Waals surface area contributed by atoms with Crippen LogP contribution in [0, 0.1) is 22.0 Å². The number of nitro benzene ring substituents is 1. The number of carbonyl (C=O) groups is 1. The average Bonchev–Trinajstić information content (AvgIpc) is 2.40. The van der Waals surface area contributed by atoms with Crippen LogP contribution >= 0.6 is 11.6 Å². The second kappa shape index (κ2) is 6.41. The minimum atomic E-state index is -0.784. The lowest BCUT2D eigenvalue weighted by molar-refractivity contribution is -0.384. The molecule has 2 rings (SSSR count). The van der Waals surface area contributed by atoms with Crippen LogP contribution in [0.5, 0.6) is 0 Å². The zero-order valence-corrected chi connectivity index (χ0v) is 12.4. The van der Waals surface area contributed by atoms with E-state index in [-0.39, 0.29) is 16.6 Å². The van der Waals surface area contributed by atoms with Crippen molar-refractivity contribution in [1.29, 1.82) is 0 Å². The molecule has 7 heteroatoms. The first kappa shape index (κ1) is 15.7. The summed E-state index contributed by atoms with van der Waals surface area (Å²) in [5.41, 5.74) is 0.651. The highest BCUT2D eigenvalue weighted by Crippen LogP contribution is 2.27. The normalized spacial score (nSPS) is 23.0. The highest BCUT2D eigenvalue weighted by atomic mass is 35.5. The largest absolute Gasteiger partial charge is 0.481 e. The highest BCUT2D eigenvalue weighted by Gasteiger charge is 2.29. The van der Waals surface area contributed by atoms with Crippen LogP contribution in [0.25, 0.3) is 0 Å². The Kier molecular flexibility index (Phi) is 4.80. The summed E-state index contributed by atoms with van der Waals surface area (Å²) in [7, 11) is 0. The van der Waals surface area contributed by atoms with E-state index >= 15 is 0 Å². The number of hydrogen-bond donors (Lipinski definition) is 1. The molecule has 2 atom stereocenters. The Balaban J connectivity index is 2.12. The number of piperidine rings is 1. The van der Waals surface area contributed by atoms with Gasteiger partial charge in [-0.25, -0.2) is 0 Å². The van der Waals surface area contributed by atoms with Gasteiger partial charge in [-0.2, -0.15) is 0 Å². The Morgan fingerprint density at radius 2 is 2.24 bits per heavy atom. The molecule has 6 nitrogen and oxygen atoms in total. The van der Waals surface area contributed by atoms with E-state index in [4.69, 9.17) is 16.7 Å². The van der Waals surface area contributed by atoms with Crippen molar-refractivity contribution in [2.24, 2.45) is 11.8 Å². The third-order valence-corrected chi connectivity index (χ3v) is 4.02. The van der Waals surface area contributed by atoms with E-state index in [1.54, 1.807) is 6.07 Å². The van der Waals surface area contributed by atoms with E-state index in [0.29, 0.717) is 25.4 Å². The Labute approximate surface area is 127 Å². The molecule has 1 aromatic rings. The molecule has 1 aromatic carbocycles. The van der Waals surface area contributed by atoms with Crippen molar-refractivity contribution >= 4 is 23.3 Å². The van der Waals surface area contributed by atoms with Crippen molar-refractivity contribution in [2.45, 2.75) is 19.9 Å². The number of halogens is 1. The molecule has 0 bridgehead atoms. The molecule has 114 valence electrons. The Hall–Kier alpha value is -1.66. The SMILES string of the molecule is CC1CC(C(=O)O)CN(Cc2ccc(Cl)c([N+](=O)[O-])c2)C1. The van der Waals surface area contributed by atoms with Gasteiger partial charge in [0.15, 0.2) is 0 Å². The minimum Gasteiger partial charge on any atom is -0.481 e. The molecule has 1 saturated heterocycles. The van der Waals surface area contributed by atoms with E-state index in [2.05, 4.69) is 0 Å². The maximum atomic E-state index is 11.2. The number of carboxylic acids is 1. The average molecular weight is 313 g/mol. The first-order chi connectivity index (χ1) is 9.86. The number of nitro groups is 1. The summed E-state index contributed by atoms with van der Waals surface area (Å²) in [4.78, 5) is 23.6. The summed E-state index contributed by atoms with van der Waals surface area (Å²) in [6, 6.07) is 4.71. The van der Waals surface area contributed by atoms with Crippen molar-refractivity contribution in [3.05, 3.63) is 38.9 Å². The number of rotatable bonds is 4. The number of benzene rings is 1. The van der Waals surface area contributed by atoms with Crippen LogP contribution in [0.15, 0.2) is 18.2 Å². The van der Waals surface area contributed by atoms with Crippen LogP contribution in [0.2, 0.25) is 5.02 Å². The second-order valence-corrected chi connectivity index (χ2v) is 6.02. The molecular weight excluding hydrogens is 296 g/mol. The zero-order chi connectivity index (χ0) is 15.6. The minimum absolute atomic E-state index is 0.110. The van der Waals surface area contributed by atoms with Crippen LogP contribution in [0.3, 0.4) is 0 Å². The lowest BCUT2D eigenvalue weighted by Gasteiger charge is -2.34. The van der Waals surface area contributed by atoms with Gasteiger partial charge in [-0.3, -0.25) is 19.8 Å². The van der Waals surface area contributed by atoms with Gasteiger partial charge in [0.1, 0.15) is 5.02 Å². The summed E-state index contributed by atoms with van der Waals surface area (Å²) < 4.78 is 0. The molecule has 0 aromatic heterocycles. The van der Waals surface area contributed by atoms with Crippen molar-refractivity contribution in [2.75, 3.05) is 13.1 Å². The van der Waals surface area contributed by atoms with Gasteiger partial charge >= 0.3 is 5.97 Å². The van der Waals surface area contributed by atoms with Crippen molar-refractivity contribution < 1.29 is 14.8 Å². The summed E-state index contributed by atoms with van der Waals surface area (Å²) in [6.07, 6.45) is 0.673. The molecular formula is C14H17ClN2O4. The van der Waals surface area contributed by atoms with Gasteiger partial charge in [0.05, 0.1) is 10.8 Å². The summed E-state index contributed by atoms with van der Waals surface area (Å²) in [5.74, 6) is -0.869. The van der Waals surface area contributed by atoms with Crippen LogP contribution in [-0.4, -0.2) is 34.0 Å². The number of carboxylic acid groups (broad SMARTS) is 1. The van der Waals surface area contributed by atoms with E-state index in [9.17, 15) is 14.9 Å². The molecule has 0 amide bonds. The zero-order valence-electron chi connectivity index (χ0n) is 11.7. The molecule has 1 aliphatic rings. The third-order valence-electron chi connectivity index (χ3n) is 3.70. The fourth-order valence-corrected chi connectivity index (χ4v) is 3.01. The predicted molar refractivity (Wildman–Crippen MR) is 78.3 cm³/mol. The molecule has 0 saturated carbocycles. The number of hydrogen-bond acceptors (Lipinski definition) is 4. The monoisotopic (exact) mass is 312 g/mol. The standard InChI is InChI=1S/C14H17ClN2O4/c1-9-4-11(14(18)19)8-16(6-9)7-10-2-3-12(15)13(5-10)17(20)21/h2-3,5,9,11H,4,6-8H2,1H3,(H,18,19). The molecule has 1 N–H and O–H groups in total. The summed E-state index contributed by atoms with van der Waals surface area (Å²) in [5, 5.41) is 20.2. The number of nitrogens with zero attached hydrogens (tertiary/aromatic N) is 2. The third kappa shape index (κ3) is 3.92. The smallest absolute Gasteiger partial charge is 0.307 e. The Bertz CT molecular complexity index is 564. The molecule has 1 fully saturated rings. The fraction of sp³-hybridized carbons (Fsp3) is 0.500. The molecule has 2 unspecified atom stereocenters. The molecule has 0 aliphatic carbocycles. The van der Waals surface area contributed by atoms with Crippen molar-refractivity contribution in [3.63, 3.8) is 0 Å². The van der Waals surface area contributed by atoms with E-state index < -0.39 is 10.9 Å². The van der Waals surface area contributed by atoms with E-state index in [1.807, 2.05) is 11.8 Å². The van der Waals surface area contributed by atoms with Gasteiger partial charge in [0.2, 0.25) is 0 Å². The molecule has 1 heterocycles. The number of likely N-dealkylation sites (tertiary alicyclic amines) is 1. The second-order valence-electron chi connectivity index (χ2n) is 5.61. The highest BCUT2D eigenvalue weighted by molar-refractivity contribution is 6.32. The quantitative estimate of drug-likeness (QED) is 0.682. The first-order valence-corrected chi connectivity index (χ1v) is 7.12. The van der Waals surface area contributed by atoms with E-state index in [0.717, 1.165) is 12.1 Å². The van der Waals surface area contributed by atoms with Crippen LogP contribution in [0.1, 0.15) is 18.9 Å². The maximum Gasteiger partial charge on any atom is 0.307 e. The number of aliphatic carboxylic acids is 1. The Morgan fingerprint density at radius 3 is 2.86 bits per heavy atom. The van der Waals surface area contributed by atoms with Gasteiger partial charge in [0.25, 0.3) is 5.69 Å².